The van der Waals surface area contributed by atoms with Crippen LogP contribution in [-0.4, -0.2) is 62.8 Å². The van der Waals surface area contributed by atoms with Crippen LogP contribution in [0, 0.1) is 5.82 Å². The first-order valence-electron chi connectivity index (χ1n) is 13.0. The van der Waals surface area contributed by atoms with Gasteiger partial charge < -0.3 is 20.5 Å². The van der Waals surface area contributed by atoms with E-state index in [9.17, 15) is 18.8 Å². The van der Waals surface area contributed by atoms with Gasteiger partial charge in [0.15, 0.2) is 6.17 Å². The highest BCUT2D eigenvalue weighted by atomic mass is 19.1. The molecule has 206 valence electrons. The molecule has 1 saturated heterocycles. The number of benzene rings is 2. The fourth-order valence-corrected chi connectivity index (χ4v) is 5.30. The zero-order valence-corrected chi connectivity index (χ0v) is 21.5. The number of nitrogens with two attached hydrogens (primary N) is 1. The van der Waals surface area contributed by atoms with Crippen molar-refractivity contribution in [1.82, 2.24) is 29.8 Å². The molecule has 12 nitrogen and oxygen atoms in total. The quantitative estimate of drug-likeness (QED) is 0.321. The Kier molecular flexibility index (Phi) is 6.74. The SMILES string of the molecule is NCC(=O)NC1NN(C2CCN(c3nc4ccccc4n3Cc3ccc(F)cc3)CC2)c2nccc(=O)n2C1=O. The second-order valence-electron chi connectivity index (χ2n) is 9.79. The number of carbonyl (C=O) groups excluding carboxylic acids is 2. The van der Waals surface area contributed by atoms with Gasteiger partial charge in [-0.05, 0) is 42.7 Å². The first kappa shape index (κ1) is 25.6. The van der Waals surface area contributed by atoms with E-state index < -0.39 is 23.5 Å². The van der Waals surface area contributed by atoms with Crippen molar-refractivity contribution in [3.63, 3.8) is 0 Å². The van der Waals surface area contributed by atoms with E-state index in [4.69, 9.17) is 10.7 Å². The summed E-state index contributed by atoms with van der Waals surface area (Å²) < 4.78 is 16.6. The zero-order valence-electron chi connectivity index (χ0n) is 21.5. The van der Waals surface area contributed by atoms with Crippen LogP contribution in [0.5, 0.6) is 0 Å². The van der Waals surface area contributed by atoms with Gasteiger partial charge >= 0.3 is 0 Å². The van der Waals surface area contributed by atoms with Gasteiger partial charge in [0.05, 0.1) is 30.2 Å². The molecule has 1 fully saturated rings. The molecule has 13 heteroatoms. The lowest BCUT2D eigenvalue weighted by Crippen LogP contribution is -2.67. The van der Waals surface area contributed by atoms with Gasteiger partial charge in [0.25, 0.3) is 11.5 Å². The Morgan fingerprint density at radius 1 is 1.05 bits per heavy atom. The van der Waals surface area contributed by atoms with Gasteiger partial charge in [0, 0.05) is 25.4 Å². The molecule has 0 radical (unpaired) electrons. The molecule has 4 N–H and O–H groups in total. The molecular formula is C27H28FN9O3. The number of aromatic nitrogens is 4. The van der Waals surface area contributed by atoms with E-state index in [0.717, 1.165) is 27.1 Å². The van der Waals surface area contributed by atoms with Crippen LogP contribution in [0.3, 0.4) is 0 Å². The Morgan fingerprint density at radius 3 is 2.55 bits per heavy atom. The standard InChI is InChI=1S/C27H28FN9O3/c28-18-7-5-17(6-8-18)16-35-21-4-2-1-3-20(21)31-27(35)34-13-10-19(11-14-34)37-26-30-12-9-23(39)36(26)25(40)24(33-37)32-22(38)15-29/h1-9,12,19,24,33H,10-11,13-16,29H2,(H,32,38). The van der Waals surface area contributed by atoms with Gasteiger partial charge in [0.2, 0.25) is 17.8 Å². The third kappa shape index (κ3) is 4.69. The van der Waals surface area contributed by atoms with Crippen molar-refractivity contribution < 1.29 is 14.0 Å². The number of halogens is 1. The fraction of sp³-hybridized carbons (Fsp3) is 0.296. The van der Waals surface area contributed by atoms with Crippen molar-refractivity contribution in [1.29, 1.82) is 0 Å². The zero-order chi connectivity index (χ0) is 27.8. The summed E-state index contributed by atoms with van der Waals surface area (Å²) in [6, 6.07) is 15.4. The Bertz CT molecular complexity index is 1630. The van der Waals surface area contributed by atoms with Gasteiger partial charge in [-0.15, -0.1) is 0 Å². The minimum atomic E-state index is -1.15. The highest BCUT2D eigenvalue weighted by Gasteiger charge is 2.38. The number of amides is 1. The lowest BCUT2D eigenvalue weighted by molar-refractivity contribution is -0.120. The monoisotopic (exact) mass is 545 g/mol. The van der Waals surface area contributed by atoms with Crippen molar-refractivity contribution in [2.45, 2.75) is 31.6 Å². The number of imidazole rings is 1. The molecule has 2 aromatic carbocycles. The van der Waals surface area contributed by atoms with E-state index in [1.807, 2.05) is 24.3 Å². The molecule has 0 spiro atoms. The Balaban J connectivity index is 1.26. The molecule has 2 aliphatic heterocycles. The van der Waals surface area contributed by atoms with E-state index in [1.165, 1.54) is 24.4 Å². The summed E-state index contributed by atoms with van der Waals surface area (Å²) in [6.45, 7) is 1.52. The average Bonchev–Trinajstić information content (AvgIpc) is 3.34. The largest absolute Gasteiger partial charge is 0.342 e. The molecule has 0 saturated carbocycles. The van der Waals surface area contributed by atoms with E-state index in [-0.39, 0.29) is 24.4 Å². The predicted molar refractivity (Wildman–Crippen MR) is 146 cm³/mol. The third-order valence-corrected chi connectivity index (χ3v) is 7.27. The van der Waals surface area contributed by atoms with Gasteiger partial charge in [-0.2, -0.15) is 0 Å². The molecule has 6 rings (SSSR count). The van der Waals surface area contributed by atoms with Gasteiger partial charge in [-0.3, -0.25) is 19.4 Å². The summed E-state index contributed by atoms with van der Waals surface area (Å²) in [4.78, 5) is 49.0. The normalized spacial score (nSPS) is 17.8. The molecule has 4 aromatic rings. The number of nitrogens with one attached hydrogen (secondary N) is 2. The van der Waals surface area contributed by atoms with Crippen molar-refractivity contribution in [2.75, 3.05) is 29.5 Å². The number of hydrogen-bond acceptors (Lipinski definition) is 9. The minimum Gasteiger partial charge on any atom is -0.342 e. The number of para-hydroxylation sites is 2. The van der Waals surface area contributed by atoms with Crippen molar-refractivity contribution in [3.8, 4) is 0 Å². The number of carbonyl (C=O) groups is 2. The van der Waals surface area contributed by atoms with Crippen molar-refractivity contribution in [2.24, 2.45) is 5.73 Å². The maximum Gasteiger partial charge on any atom is 0.275 e. The van der Waals surface area contributed by atoms with Gasteiger partial charge in [-0.25, -0.2) is 24.4 Å². The number of rotatable bonds is 6. The first-order chi connectivity index (χ1) is 19.4. The maximum absolute atomic E-state index is 13.5. The van der Waals surface area contributed by atoms with Crippen LogP contribution >= 0.6 is 0 Å². The van der Waals surface area contributed by atoms with Crippen LogP contribution in [0.1, 0.15) is 23.2 Å². The van der Waals surface area contributed by atoms with Crippen LogP contribution in [0.15, 0.2) is 65.6 Å². The molecular weight excluding hydrogens is 517 g/mol. The third-order valence-electron chi connectivity index (χ3n) is 7.27. The Labute approximate surface area is 228 Å². The molecule has 2 aromatic heterocycles. The summed E-state index contributed by atoms with van der Waals surface area (Å²) in [5.74, 6) is -0.441. The second-order valence-corrected chi connectivity index (χ2v) is 9.79. The Morgan fingerprint density at radius 2 is 1.80 bits per heavy atom. The number of anilines is 2. The summed E-state index contributed by atoms with van der Waals surface area (Å²) in [6.07, 6.45) is 1.53. The second kappa shape index (κ2) is 10.5. The number of piperidine rings is 1. The van der Waals surface area contributed by atoms with Crippen LogP contribution in [-0.2, 0) is 11.3 Å². The van der Waals surface area contributed by atoms with E-state index in [2.05, 4.69) is 25.2 Å². The topological polar surface area (TPSA) is 143 Å². The van der Waals surface area contributed by atoms with Gasteiger partial charge in [0.1, 0.15) is 5.82 Å². The van der Waals surface area contributed by atoms with E-state index in [0.29, 0.717) is 32.5 Å². The smallest absolute Gasteiger partial charge is 0.275 e. The molecule has 2 aliphatic rings. The molecule has 1 amide bonds. The van der Waals surface area contributed by atoms with E-state index in [1.54, 1.807) is 17.1 Å². The summed E-state index contributed by atoms with van der Waals surface area (Å²) in [7, 11) is 0. The number of nitrogens with zero attached hydrogens (tertiary/aromatic N) is 6. The average molecular weight is 546 g/mol. The lowest BCUT2D eigenvalue weighted by Gasteiger charge is -2.43. The highest BCUT2D eigenvalue weighted by Crippen LogP contribution is 2.29. The van der Waals surface area contributed by atoms with Crippen LogP contribution < -0.4 is 31.9 Å². The summed E-state index contributed by atoms with van der Waals surface area (Å²) >= 11 is 0. The first-order valence-corrected chi connectivity index (χ1v) is 13.0. The number of hydrogen-bond donors (Lipinski definition) is 3. The number of fused-ring (bicyclic) bond motifs is 2. The summed E-state index contributed by atoms with van der Waals surface area (Å²) in [5, 5.41) is 4.24. The van der Waals surface area contributed by atoms with E-state index >= 15 is 0 Å². The highest BCUT2D eigenvalue weighted by molar-refractivity contribution is 5.92. The van der Waals surface area contributed by atoms with Gasteiger partial charge in [-0.1, -0.05) is 24.3 Å². The maximum atomic E-state index is 13.5. The predicted octanol–water partition coefficient (Wildman–Crippen LogP) is 0.815. The van der Waals surface area contributed by atoms with Crippen LogP contribution in [0.25, 0.3) is 11.0 Å². The van der Waals surface area contributed by atoms with Crippen LogP contribution in [0.4, 0.5) is 16.3 Å². The van der Waals surface area contributed by atoms with Crippen LogP contribution in [0.2, 0.25) is 0 Å². The molecule has 40 heavy (non-hydrogen) atoms. The van der Waals surface area contributed by atoms with Crippen molar-refractivity contribution in [3.05, 3.63) is 82.5 Å². The molecule has 1 atom stereocenters. The fourth-order valence-electron chi connectivity index (χ4n) is 5.30. The molecule has 4 heterocycles. The molecule has 1 unspecified atom stereocenters. The lowest BCUT2D eigenvalue weighted by atomic mass is 10.0. The minimum absolute atomic E-state index is 0.128. The molecule has 0 aliphatic carbocycles. The molecule has 0 bridgehead atoms. The number of hydrazine groups is 1. The summed E-state index contributed by atoms with van der Waals surface area (Å²) in [5.41, 5.74) is 10.8. The Hall–Kier alpha value is -4.62. The van der Waals surface area contributed by atoms with Crippen molar-refractivity contribution >= 4 is 34.7 Å².